The highest BCUT2D eigenvalue weighted by Crippen LogP contribution is 2.36. The first kappa shape index (κ1) is 29.0. The highest BCUT2D eigenvalue weighted by Gasteiger charge is 2.44. The minimum absolute atomic E-state index is 0.00943. The lowest BCUT2D eigenvalue weighted by Crippen LogP contribution is -2.58. The van der Waals surface area contributed by atoms with Gasteiger partial charge in [0, 0.05) is 24.6 Å². The average molecular weight is 568 g/mol. The number of cyclic esters (lactones) is 1. The van der Waals surface area contributed by atoms with Crippen molar-refractivity contribution in [3.8, 4) is 0 Å². The van der Waals surface area contributed by atoms with Crippen LogP contribution in [-0.4, -0.2) is 71.8 Å². The maximum absolute atomic E-state index is 13.8. The number of rotatable bonds is 7. The van der Waals surface area contributed by atoms with Crippen LogP contribution in [0.1, 0.15) is 88.3 Å². The molecule has 41 heavy (non-hydrogen) atoms. The summed E-state index contributed by atoms with van der Waals surface area (Å²) >= 11 is 0. The minimum Gasteiger partial charge on any atom is -0.452 e. The van der Waals surface area contributed by atoms with Crippen LogP contribution in [0.3, 0.4) is 0 Å². The van der Waals surface area contributed by atoms with Gasteiger partial charge in [-0.15, -0.1) is 0 Å². The van der Waals surface area contributed by atoms with E-state index in [2.05, 4.69) is 21.3 Å². The van der Waals surface area contributed by atoms with Gasteiger partial charge < -0.3 is 30.9 Å². The van der Waals surface area contributed by atoms with Gasteiger partial charge in [0.15, 0.2) is 6.10 Å². The Balaban J connectivity index is 1.29. The summed E-state index contributed by atoms with van der Waals surface area (Å²) in [6.45, 7) is 1.75. The number of carbonyl (C=O) groups excluding carboxylic acids is 5. The van der Waals surface area contributed by atoms with Crippen molar-refractivity contribution in [2.75, 3.05) is 12.4 Å². The minimum atomic E-state index is -0.779. The molecule has 4 aliphatic rings. The first-order chi connectivity index (χ1) is 19.8. The summed E-state index contributed by atoms with van der Waals surface area (Å²) in [4.78, 5) is 66.0. The SMILES string of the molecule is CN[C@@H](C)C(=O)N[C@H]1CCCC[C@H]2CC[C@@H](C(=O)N[C@@H]3CCCc4c(NC(=O)C5CCC(=O)O5)cccc43)N2C1=O. The molecule has 3 aliphatic heterocycles. The maximum Gasteiger partial charge on any atom is 0.306 e. The normalized spacial score (nSPS) is 28.4. The lowest BCUT2D eigenvalue weighted by Gasteiger charge is -2.36. The summed E-state index contributed by atoms with van der Waals surface area (Å²) in [7, 11) is 1.70. The van der Waals surface area contributed by atoms with E-state index in [4.69, 9.17) is 4.74 Å². The summed E-state index contributed by atoms with van der Waals surface area (Å²) in [5.41, 5.74) is 2.59. The van der Waals surface area contributed by atoms with Crippen LogP contribution < -0.4 is 21.3 Å². The molecule has 0 spiro atoms. The fraction of sp³-hybridized carbons (Fsp3) is 0.633. The van der Waals surface area contributed by atoms with Crippen LogP contribution in [0.4, 0.5) is 5.69 Å². The van der Waals surface area contributed by atoms with Gasteiger partial charge in [-0.3, -0.25) is 24.0 Å². The van der Waals surface area contributed by atoms with E-state index in [1.54, 1.807) is 18.9 Å². The predicted octanol–water partition coefficient (Wildman–Crippen LogP) is 1.85. The zero-order chi connectivity index (χ0) is 29.1. The van der Waals surface area contributed by atoms with Crippen LogP contribution in [0.2, 0.25) is 0 Å². The third-order valence-corrected chi connectivity index (χ3v) is 9.04. The number of hydrogen-bond donors (Lipinski definition) is 4. The van der Waals surface area contributed by atoms with Gasteiger partial charge in [0.05, 0.1) is 12.1 Å². The molecule has 222 valence electrons. The summed E-state index contributed by atoms with van der Waals surface area (Å²) in [5, 5.41) is 12.0. The monoisotopic (exact) mass is 567 g/mol. The quantitative estimate of drug-likeness (QED) is 0.368. The van der Waals surface area contributed by atoms with E-state index in [1.165, 1.54) is 0 Å². The van der Waals surface area contributed by atoms with Gasteiger partial charge in [0.25, 0.3) is 5.91 Å². The summed E-state index contributed by atoms with van der Waals surface area (Å²) in [6.07, 6.45) is 6.73. The summed E-state index contributed by atoms with van der Waals surface area (Å²) in [5.74, 6) is -1.28. The Morgan fingerprint density at radius 1 is 0.902 bits per heavy atom. The second kappa shape index (κ2) is 12.6. The third kappa shape index (κ3) is 6.24. The molecule has 6 atom stereocenters. The molecule has 1 aliphatic carbocycles. The molecule has 3 heterocycles. The Bertz CT molecular complexity index is 1200. The summed E-state index contributed by atoms with van der Waals surface area (Å²) < 4.78 is 5.12. The molecule has 4 N–H and O–H groups in total. The Morgan fingerprint density at radius 3 is 2.44 bits per heavy atom. The molecule has 11 heteroatoms. The van der Waals surface area contributed by atoms with Crippen molar-refractivity contribution in [2.24, 2.45) is 0 Å². The van der Waals surface area contributed by atoms with Crippen LogP contribution >= 0.6 is 0 Å². The Morgan fingerprint density at radius 2 is 1.68 bits per heavy atom. The van der Waals surface area contributed by atoms with Crippen molar-refractivity contribution in [3.05, 3.63) is 29.3 Å². The van der Waals surface area contributed by atoms with Crippen LogP contribution in [0.15, 0.2) is 18.2 Å². The molecular formula is C30H41N5O6. The number of anilines is 1. The van der Waals surface area contributed by atoms with Gasteiger partial charge in [0.1, 0.15) is 12.1 Å². The van der Waals surface area contributed by atoms with Gasteiger partial charge in [0.2, 0.25) is 17.7 Å². The molecule has 1 aromatic carbocycles. The van der Waals surface area contributed by atoms with Crippen molar-refractivity contribution in [2.45, 2.75) is 114 Å². The van der Waals surface area contributed by atoms with E-state index in [1.807, 2.05) is 18.2 Å². The molecule has 0 radical (unpaired) electrons. The number of likely N-dealkylation sites (N-methyl/N-ethyl adjacent to an activating group) is 1. The van der Waals surface area contributed by atoms with Crippen molar-refractivity contribution >= 4 is 35.3 Å². The molecule has 11 nitrogen and oxygen atoms in total. The van der Waals surface area contributed by atoms with Gasteiger partial charge in [-0.05, 0) is 76.1 Å². The maximum atomic E-state index is 13.8. The molecular weight excluding hydrogens is 526 g/mol. The molecule has 3 saturated heterocycles. The Kier molecular flexibility index (Phi) is 8.91. The van der Waals surface area contributed by atoms with E-state index in [0.29, 0.717) is 24.9 Å². The molecule has 0 aromatic heterocycles. The number of hydrogen-bond acceptors (Lipinski definition) is 7. The summed E-state index contributed by atoms with van der Waals surface area (Å²) in [6, 6.07) is 3.75. The number of carbonyl (C=O) groups is 5. The van der Waals surface area contributed by atoms with Crippen molar-refractivity contribution in [1.29, 1.82) is 0 Å². The largest absolute Gasteiger partial charge is 0.452 e. The van der Waals surface area contributed by atoms with Gasteiger partial charge in [-0.25, -0.2) is 0 Å². The topological polar surface area (TPSA) is 146 Å². The third-order valence-electron chi connectivity index (χ3n) is 9.04. The molecule has 4 amide bonds. The Labute approximate surface area is 240 Å². The molecule has 0 saturated carbocycles. The van der Waals surface area contributed by atoms with E-state index in [9.17, 15) is 24.0 Å². The fourth-order valence-electron chi connectivity index (χ4n) is 6.66. The molecule has 3 fully saturated rings. The highest BCUT2D eigenvalue weighted by molar-refractivity contribution is 5.97. The van der Waals surface area contributed by atoms with Gasteiger partial charge in [-0.1, -0.05) is 25.0 Å². The first-order valence-corrected chi connectivity index (χ1v) is 15.0. The standard InChI is InChI=1S/C30H41N5O6/c1-17(31-2)27(37)34-23-10-4-3-7-18-13-14-24(35(18)30(23)40)28(38)32-21-11-5-9-20-19(21)8-6-12-22(20)33-29(39)25-15-16-26(36)41-25/h6,8,12,17-18,21,23-25,31H,3-5,7,9-11,13-16H2,1-2H3,(H,32,38)(H,33,39)(H,34,37)/t17-,18-,21+,23-,24-,25?/m0/s1. The molecule has 5 rings (SSSR count). The van der Waals surface area contributed by atoms with Gasteiger partial charge in [-0.2, -0.15) is 0 Å². The second-order valence-corrected chi connectivity index (χ2v) is 11.7. The number of amides is 4. The number of ether oxygens (including phenoxy) is 1. The molecule has 1 unspecified atom stereocenters. The molecule has 1 aromatic rings. The molecule has 0 bridgehead atoms. The van der Waals surface area contributed by atoms with Crippen LogP contribution in [0.5, 0.6) is 0 Å². The zero-order valence-electron chi connectivity index (χ0n) is 23.9. The smallest absolute Gasteiger partial charge is 0.306 e. The Hall–Kier alpha value is -3.47. The van der Waals surface area contributed by atoms with E-state index >= 15 is 0 Å². The lowest BCUT2D eigenvalue weighted by molar-refractivity contribution is -0.146. The number of esters is 1. The first-order valence-electron chi connectivity index (χ1n) is 15.0. The van der Waals surface area contributed by atoms with E-state index in [0.717, 1.165) is 56.1 Å². The van der Waals surface area contributed by atoms with Crippen molar-refractivity contribution in [1.82, 2.24) is 20.9 Å². The van der Waals surface area contributed by atoms with Crippen LogP contribution in [-0.2, 0) is 35.1 Å². The fourth-order valence-corrected chi connectivity index (χ4v) is 6.66. The highest BCUT2D eigenvalue weighted by atomic mass is 16.6. The van der Waals surface area contributed by atoms with E-state index in [-0.39, 0.29) is 48.1 Å². The van der Waals surface area contributed by atoms with Crippen molar-refractivity contribution < 1.29 is 28.7 Å². The lowest BCUT2D eigenvalue weighted by atomic mass is 9.86. The van der Waals surface area contributed by atoms with E-state index < -0.39 is 24.2 Å². The average Bonchev–Trinajstić information content (AvgIpc) is 3.59. The van der Waals surface area contributed by atoms with Crippen molar-refractivity contribution in [3.63, 3.8) is 0 Å². The van der Waals surface area contributed by atoms with Crippen LogP contribution in [0, 0.1) is 0 Å². The zero-order valence-corrected chi connectivity index (χ0v) is 23.9. The number of nitrogens with one attached hydrogen (secondary N) is 4. The van der Waals surface area contributed by atoms with Gasteiger partial charge >= 0.3 is 5.97 Å². The number of benzene rings is 1. The number of fused-ring (bicyclic) bond motifs is 2. The van der Waals surface area contributed by atoms with Crippen LogP contribution in [0.25, 0.3) is 0 Å². The number of nitrogens with zero attached hydrogens (tertiary/aromatic N) is 1. The predicted molar refractivity (Wildman–Crippen MR) is 151 cm³/mol. The second-order valence-electron chi connectivity index (χ2n) is 11.7.